The number of aryl methyl sites for hydroxylation is 2. The molecule has 7 nitrogen and oxygen atoms in total. The highest BCUT2D eigenvalue weighted by Crippen LogP contribution is 2.33. The Hall–Kier alpha value is -3.26. The molecule has 0 bridgehead atoms. The number of thiophene rings is 1. The van der Waals surface area contributed by atoms with Gasteiger partial charge in [0.2, 0.25) is 5.43 Å². The number of ether oxygens (including phenoxy) is 1. The number of carbonyl (C=O) groups is 2. The normalized spacial score (nSPS) is 10.6. The van der Waals surface area contributed by atoms with Gasteiger partial charge in [0.15, 0.2) is 5.69 Å². The predicted molar refractivity (Wildman–Crippen MR) is 112 cm³/mol. The minimum atomic E-state index is -0.678. The van der Waals surface area contributed by atoms with Crippen LogP contribution in [0.3, 0.4) is 0 Å². The fraction of sp³-hybridized carbons (Fsp3) is 0.238. The van der Waals surface area contributed by atoms with Gasteiger partial charge in [0.25, 0.3) is 5.91 Å². The van der Waals surface area contributed by atoms with Crippen LogP contribution in [0.2, 0.25) is 0 Å². The highest BCUT2D eigenvalue weighted by Gasteiger charge is 2.24. The Labute approximate surface area is 172 Å². The summed E-state index contributed by atoms with van der Waals surface area (Å²) < 4.78 is 6.56. The first kappa shape index (κ1) is 20.5. The summed E-state index contributed by atoms with van der Waals surface area (Å²) in [6, 6.07) is 8.81. The second-order valence-electron chi connectivity index (χ2n) is 6.47. The Bertz CT molecular complexity index is 1130. The van der Waals surface area contributed by atoms with E-state index >= 15 is 0 Å². The van der Waals surface area contributed by atoms with Crippen LogP contribution in [0.15, 0.2) is 41.3 Å². The molecular weight excluding hydrogens is 390 g/mol. The average Bonchev–Trinajstić information content (AvgIpc) is 2.96. The van der Waals surface area contributed by atoms with Gasteiger partial charge in [-0.2, -0.15) is 5.10 Å². The van der Waals surface area contributed by atoms with Crippen molar-refractivity contribution in [1.29, 1.82) is 0 Å². The van der Waals surface area contributed by atoms with Crippen molar-refractivity contribution in [2.45, 2.75) is 27.7 Å². The molecule has 0 fully saturated rings. The number of carbonyl (C=O) groups excluding carboxylic acids is 2. The molecule has 8 heteroatoms. The second-order valence-corrected chi connectivity index (χ2v) is 7.70. The molecule has 2 aromatic heterocycles. The number of nitrogens with zero attached hydrogens (tertiary/aromatic N) is 2. The molecule has 0 saturated carbocycles. The summed E-state index contributed by atoms with van der Waals surface area (Å²) in [5.74, 6) is -1.19. The third-order valence-corrected chi connectivity index (χ3v) is 5.54. The Morgan fingerprint density at radius 2 is 1.83 bits per heavy atom. The molecule has 3 aromatic rings. The van der Waals surface area contributed by atoms with Crippen molar-refractivity contribution in [1.82, 2.24) is 9.78 Å². The van der Waals surface area contributed by atoms with Crippen LogP contribution in [0.25, 0.3) is 5.69 Å². The van der Waals surface area contributed by atoms with E-state index in [1.54, 1.807) is 13.8 Å². The van der Waals surface area contributed by atoms with Gasteiger partial charge >= 0.3 is 5.97 Å². The summed E-state index contributed by atoms with van der Waals surface area (Å²) in [7, 11) is 0. The number of hydrogen-bond donors (Lipinski definition) is 1. The summed E-state index contributed by atoms with van der Waals surface area (Å²) in [5.41, 5.74) is 2.09. The van der Waals surface area contributed by atoms with Gasteiger partial charge in [-0.25, -0.2) is 9.48 Å². The number of benzene rings is 1. The summed E-state index contributed by atoms with van der Waals surface area (Å²) >= 11 is 1.26. The minimum absolute atomic E-state index is 0.224. The monoisotopic (exact) mass is 411 g/mol. The molecule has 1 amide bonds. The molecule has 2 heterocycles. The molecule has 0 aliphatic rings. The van der Waals surface area contributed by atoms with Crippen molar-refractivity contribution >= 4 is 28.2 Å². The third kappa shape index (κ3) is 4.27. The lowest BCUT2D eigenvalue weighted by atomic mass is 10.1. The van der Waals surface area contributed by atoms with E-state index in [4.69, 9.17) is 4.74 Å². The molecule has 0 saturated heterocycles. The van der Waals surface area contributed by atoms with Crippen molar-refractivity contribution in [3.63, 3.8) is 0 Å². The molecule has 29 heavy (non-hydrogen) atoms. The van der Waals surface area contributed by atoms with Gasteiger partial charge in [-0.1, -0.05) is 17.7 Å². The van der Waals surface area contributed by atoms with Gasteiger partial charge in [0.05, 0.1) is 17.9 Å². The van der Waals surface area contributed by atoms with E-state index in [-0.39, 0.29) is 12.3 Å². The fourth-order valence-electron chi connectivity index (χ4n) is 2.73. The van der Waals surface area contributed by atoms with E-state index in [9.17, 15) is 14.4 Å². The van der Waals surface area contributed by atoms with Crippen LogP contribution in [0, 0.1) is 20.8 Å². The molecule has 1 aromatic carbocycles. The van der Waals surface area contributed by atoms with Gasteiger partial charge in [-0.05, 0) is 45.4 Å². The maximum atomic E-state index is 12.8. The van der Waals surface area contributed by atoms with Gasteiger partial charge < -0.3 is 10.1 Å². The van der Waals surface area contributed by atoms with Gasteiger partial charge in [0, 0.05) is 17.1 Å². The molecule has 0 aliphatic carbocycles. The van der Waals surface area contributed by atoms with Crippen molar-refractivity contribution in [2.24, 2.45) is 0 Å². The van der Waals surface area contributed by atoms with E-state index in [0.717, 1.165) is 21.7 Å². The fourth-order valence-corrected chi connectivity index (χ4v) is 3.78. The SMILES string of the molecule is CCOC(=O)c1c(NC(=O)c2nn(-c3ccc(C)cc3)ccc2=O)sc(C)c1C. The van der Waals surface area contributed by atoms with Crippen LogP contribution in [0.5, 0.6) is 0 Å². The van der Waals surface area contributed by atoms with E-state index in [0.29, 0.717) is 10.6 Å². The Balaban J connectivity index is 1.95. The number of nitrogens with one attached hydrogen (secondary N) is 1. The summed E-state index contributed by atoms with van der Waals surface area (Å²) in [6.45, 7) is 7.55. The molecule has 0 spiro atoms. The molecule has 0 radical (unpaired) electrons. The Kier molecular flexibility index (Phi) is 5.93. The largest absolute Gasteiger partial charge is 0.462 e. The molecule has 0 aliphatic heterocycles. The van der Waals surface area contributed by atoms with Crippen LogP contribution in [0.1, 0.15) is 43.8 Å². The molecule has 0 unspecified atom stereocenters. The average molecular weight is 411 g/mol. The number of aromatic nitrogens is 2. The minimum Gasteiger partial charge on any atom is -0.462 e. The first-order valence-corrected chi connectivity index (χ1v) is 9.89. The van der Waals surface area contributed by atoms with Gasteiger partial charge in [-0.15, -0.1) is 11.3 Å². The number of amides is 1. The van der Waals surface area contributed by atoms with Gasteiger partial charge in [0.1, 0.15) is 5.00 Å². The maximum Gasteiger partial charge on any atom is 0.341 e. The van der Waals surface area contributed by atoms with Crippen molar-refractivity contribution in [3.05, 3.63) is 74.0 Å². The van der Waals surface area contributed by atoms with E-state index < -0.39 is 17.3 Å². The van der Waals surface area contributed by atoms with Crippen molar-refractivity contribution < 1.29 is 14.3 Å². The van der Waals surface area contributed by atoms with Gasteiger partial charge in [-0.3, -0.25) is 9.59 Å². The van der Waals surface area contributed by atoms with Crippen LogP contribution < -0.4 is 10.7 Å². The predicted octanol–water partition coefficient (Wildman–Crippen LogP) is 3.65. The molecule has 3 rings (SSSR count). The summed E-state index contributed by atoms with van der Waals surface area (Å²) in [6.07, 6.45) is 1.51. The van der Waals surface area contributed by atoms with E-state index in [2.05, 4.69) is 10.4 Å². The van der Waals surface area contributed by atoms with Crippen LogP contribution in [-0.4, -0.2) is 28.3 Å². The lowest BCUT2D eigenvalue weighted by molar-refractivity contribution is 0.0527. The first-order valence-electron chi connectivity index (χ1n) is 9.07. The summed E-state index contributed by atoms with van der Waals surface area (Å²) in [4.78, 5) is 38.2. The first-order chi connectivity index (χ1) is 13.8. The smallest absolute Gasteiger partial charge is 0.341 e. The van der Waals surface area contributed by atoms with Crippen LogP contribution in [0.4, 0.5) is 5.00 Å². The zero-order valence-electron chi connectivity index (χ0n) is 16.6. The highest BCUT2D eigenvalue weighted by atomic mass is 32.1. The number of anilines is 1. The van der Waals surface area contributed by atoms with E-state index in [1.165, 1.54) is 28.3 Å². The van der Waals surface area contributed by atoms with E-state index in [1.807, 2.05) is 38.1 Å². The van der Waals surface area contributed by atoms with Crippen LogP contribution in [-0.2, 0) is 4.74 Å². The third-order valence-electron chi connectivity index (χ3n) is 4.41. The standard InChI is InChI=1S/C21H21N3O4S/c1-5-28-21(27)17-13(3)14(4)29-20(17)22-19(26)18-16(25)10-11-24(23-18)15-8-6-12(2)7-9-15/h6-11H,5H2,1-4H3,(H,22,26). The zero-order chi connectivity index (χ0) is 21.1. The number of esters is 1. The second kappa shape index (κ2) is 8.40. The molecule has 0 atom stereocenters. The molecule has 150 valence electrons. The zero-order valence-corrected chi connectivity index (χ0v) is 17.4. The molecule has 1 N–H and O–H groups in total. The highest BCUT2D eigenvalue weighted by molar-refractivity contribution is 7.16. The summed E-state index contributed by atoms with van der Waals surface area (Å²) in [5, 5.41) is 7.19. The molecular formula is C21H21N3O4S. The quantitative estimate of drug-likeness (QED) is 0.647. The topological polar surface area (TPSA) is 90.3 Å². The van der Waals surface area contributed by atoms with Crippen molar-refractivity contribution in [3.8, 4) is 5.69 Å². The van der Waals surface area contributed by atoms with Crippen molar-refractivity contribution in [2.75, 3.05) is 11.9 Å². The number of rotatable bonds is 5. The maximum absolute atomic E-state index is 12.8. The lowest BCUT2D eigenvalue weighted by Crippen LogP contribution is -2.25. The lowest BCUT2D eigenvalue weighted by Gasteiger charge is -2.09. The van der Waals surface area contributed by atoms with Crippen LogP contribution >= 0.6 is 11.3 Å². The number of hydrogen-bond acceptors (Lipinski definition) is 6. The Morgan fingerprint density at radius 3 is 2.48 bits per heavy atom. The Morgan fingerprint density at radius 1 is 1.14 bits per heavy atom.